The van der Waals surface area contributed by atoms with Gasteiger partial charge in [-0.15, -0.1) is 0 Å². The van der Waals surface area contributed by atoms with E-state index >= 15 is 0 Å². The van der Waals surface area contributed by atoms with E-state index in [9.17, 15) is 8.78 Å². The molecule has 0 saturated carbocycles. The average molecular weight is 229 g/mol. The van der Waals surface area contributed by atoms with Crippen molar-refractivity contribution in [1.82, 2.24) is 5.32 Å². The SMILES string of the molecule is CCC(NCC(O)C(F)F)c1ccccc1. The highest BCUT2D eigenvalue weighted by molar-refractivity contribution is 5.18. The number of benzene rings is 1. The van der Waals surface area contributed by atoms with Crippen LogP contribution >= 0.6 is 0 Å². The summed E-state index contributed by atoms with van der Waals surface area (Å²) < 4.78 is 24.2. The van der Waals surface area contributed by atoms with Crippen LogP contribution in [0.3, 0.4) is 0 Å². The van der Waals surface area contributed by atoms with Crippen molar-refractivity contribution in [3.8, 4) is 0 Å². The summed E-state index contributed by atoms with van der Waals surface area (Å²) in [5.74, 6) is 0. The second kappa shape index (κ2) is 6.55. The van der Waals surface area contributed by atoms with Crippen molar-refractivity contribution in [1.29, 1.82) is 0 Å². The number of aliphatic hydroxyl groups excluding tert-OH is 1. The van der Waals surface area contributed by atoms with Gasteiger partial charge in [0.2, 0.25) is 0 Å². The largest absolute Gasteiger partial charge is 0.386 e. The molecule has 4 heteroatoms. The molecule has 90 valence electrons. The first-order chi connectivity index (χ1) is 7.65. The predicted octanol–water partition coefficient (Wildman–Crippen LogP) is 2.35. The van der Waals surface area contributed by atoms with Crippen molar-refractivity contribution < 1.29 is 13.9 Å². The summed E-state index contributed by atoms with van der Waals surface area (Å²) >= 11 is 0. The molecule has 0 spiro atoms. The minimum atomic E-state index is -2.69. The Balaban J connectivity index is 2.50. The van der Waals surface area contributed by atoms with Crippen LogP contribution in [-0.4, -0.2) is 24.2 Å². The predicted molar refractivity (Wildman–Crippen MR) is 59.5 cm³/mol. The lowest BCUT2D eigenvalue weighted by Crippen LogP contribution is -2.34. The van der Waals surface area contributed by atoms with Crippen LogP contribution in [0.15, 0.2) is 30.3 Å². The van der Waals surface area contributed by atoms with Crippen LogP contribution in [0, 0.1) is 0 Å². The number of rotatable bonds is 6. The van der Waals surface area contributed by atoms with Crippen LogP contribution in [0.1, 0.15) is 24.9 Å². The smallest absolute Gasteiger partial charge is 0.265 e. The third kappa shape index (κ3) is 3.87. The Morgan fingerprint density at radius 2 is 1.88 bits per heavy atom. The molecule has 0 bridgehead atoms. The van der Waals surface area contributed by atoms with E-state index in [1.807, 2.05) is 37.3 Å². The molecular weight excluding hydrogens is 212 g/mol. The zero-order valence-electron chi connectivity index (χ0n) is 9.24. The van der Waals surface area contributed by atoms with Gasteiger partial charge in [0.1, 0.15) is 6.10 Å². The Labute approximate surface area is 94.3 Å². The fourth-order valence-electron chi connectivity index (χ4n) is 1.54. The van der Waals surface area contributed by atoms with Gasteiger partial charge < -0.3 is 10.4 Å². The highest BCUT2D eigenvalue weighted by atomic mass is 19.3. The quantitative estimate of drug-likeness (QED) is 0.784. The Kier molecular flexibility index (Phi) is 5.35. The molecule has 0 heterocycles. The molecule has 0 amide bonds. The molecule has 2 atom stereocenters. The second-order valence-corrected chi connectivity index (χ2v) is 3.68. The molecular formula is C12H17F2NO. The van der Waals surface area contributed by atoms with E-state index in [0.29, 0.717) is 0 Å². The maximum atomic E-state index is 12.1. The van der Waals surface area contributed by atoms with E-state index in [4.69, 9.17) is 5.11 Å². The van der Waals surface area contributed by atoms with E-state index in [2.05, 4.69) is 5.32 Å². The fraction of sp³-hybridized carbons (Fsp3) is 0.500. The van der Waals surface area contributed by atoms with Gasteiger partial charge in [0.25, 0.3) is 6.43 Å². The van der Waals surface area contributed by atoms with Crippen molar-refractivity contribution >= 4 is 0 Å². The number of aliphatic hydroxyl groups is 1. The number of alkyl halides is 2. The Hall–Kier alpha value is -1.00. The van der Waals surface area contributed by atoms with Crippen LogP contribution in [0.5, 0.6) is 0 Å². The zero-order valence-corrected chi connectivity index (χ0v) is 9.24. The van der Waals surface area contributed by atoms with Crippen LogP contribution in [0.25, 0.3) is 0 Å². The van der Waals surface area contributed by atoms with Gasteiger partial charge in [-0.1, -0.05) is 37.3 Å². The summed E-state index contributed by atoms with van der Waals surface area (Å²) in [6.45, 7) is 1.88. The summed E-state index contributed by atoms with van der Waals surface area (Å²) in [6, 6.07) is 9.61. The van der Waals surface area contributed by atoms with E-state index in [0.717, 1.165) is 12.0 Å². The Morgan fingerprint density at radius 1 is 1.25 bits per heavy atom. The van der Waals surface area contributed by atoms with Crippen LogP contribution in [-0.2, 0) is 0 Å². The Morgan fingerprint density at radius 3 is 2.38 bits per heavy atom. The lowest BCUT2D eigenvalue weighted by atomic mass is 10.0. The second-order valence-electron chi connectivity index (χ2n) is 3.68. The monoisotopic (exact) mass is 229 g/mol. The molecule has 0 aliphatic heterocycles. The zero-order chi connectivity index (χ0) is 12.0. The molecule has 16 heavy (non-hydrogen) atoms. The summed E-state index contributed by atoms with van der Waals surface area (Å²) in [5.41, 5.74) is 1.05. The highest BCUT2D eigenvalue weighted by Gasteiger charge is 2.18. The molecule has 1 rings (SSSR count). The molecule has 0 saturated heterocycles. The lowest BCUT2D eigenvalue weighted by Gasteiger charge is -2.19. The molecule has 0 aliphatic rings. The molecule has 2 N–H and O–H groups in total. The molecule has 2 nitrogen and oxygen atoms in total. The molecule has 0 fully saturated rings. The highest BCUT2D eigenvalue weighted by Crippen LogP contribution is 2.16. The topological polar surface area (TPSA) is 32.3 Å². The molecule has 0 aliphatic carbocycles. The summed E-state index contributed by atoms with van der Waals surface area (Å²) in [7, 11) is 0. The number of hydrogen-bond acceptors (Lipinski definition) is 2. The normalized spacial score (nSPS) is 15.1. The third-order valence-electron chi connectivity index (χ3n) is 2.47. The van der Waals surface area contributed by atoms with Gasteiger partial charge in [0.15, 0.2) is 0 Å². The molecule has 0 aromatic heterocycles. The van der Waals surface area contributed by atoms with Crippen molar-refractivity contribution in [3.05, 3.63) is 35.9 Å². The van der Waals surface area contributed by atoms with Crippen molar-refractivity contribution in [2.45, 2.75) is 31.9 Å². The molecule has 1 aromatic rings. The molecule has 2 unspecified atom stereocenters. The van der Waals surface area contributed by atoms with Gasteiger partial charge in [0, 0.05) is 12.6 Å². The van der Waals surface area contributed by atoms with Gasteiger partial charge in [-0.2, -0.15) is 0 Å². The van der Waals surface area contributed by atoms with Gasteiger partial charge >= 0.3 is 0 Å². The van der Waals surface area contributed by atoms with Crippen molar-refractivity contribution in [3.63, 3.8) is 0 Å². The summed E-state index contributed by atoms with van der Waals surface area (Å²) in [4.78, 5) is 0. The number of hydrogen-bond donors (Lipinski definition) is 2. The lowest BCUT2D eigenvalue weighted by molar-refractivity contribution is -0.00471. The average Bonchev–Trinajstić information content (AvgIpc) is 2.30. The van der Waals surface area contributed by atoms with Crippen molar-refractivity contribution in [2.24, 2.45) is 0 Å². The maximum absolute atomic E-state index is 12.1. The molecule has 0 radical (unpaired) electrons. The molecule has 1 aromatic carbocycles. The first-order valence-corrected chi connectivity index (χ1v) is 5.39. The van der Waals surface area contributed by atoms with Crippen LogP contribution in [0.2, 0.25) is 0 Å². The van der Waals surface area contributed by atoms with E-state index in [1.165, 1.54) is 0 Å². The van der Waals surface area contributed by atoms with E-state index in [1.54, 1.807) is 0 Å². The van der Waals surface area contributed by atoms with Gasteiger partial charge in [-0.05, 0) is 12.0 Å². The number of nitrogens with one attached hydrogen (secondary N) is 1. The maximum Gasteiger partial charge on any atom is 0.265 e. The first kappa shape index (κ1) is 13.1. The fourth-order valence-corrected chi connectivity index (χ4v) is 1.54. The van der Waals surface area contributed by atoms with E-state index in [-0.39, 0.29) is 12.6 Å². The van der Waals surface area contributed by atoms with E-state index < -0.39 is 12.5 Å². The van der Waals surface area contributed by atoms with Crippen LogP contribution < -0.4 is 5.32 Å². The standard InChI is InChI=1S/C12H17F2NO/c1-2-10(9-6-4-3-5-7-9)15-8-11(16)12(13)14/h3-7,10-12,15-16H,2,8H2,1H3. The first-order valence-electron chi connectivity index (χ1n) is 5.39. The van der Waals surface area contributed by atoms with Gasteiger partial charge in [0.05, 0.1) is 0 Å². The minimum Gasteiger partial charge on any atom is -0.386 e. The summed E-state index contributed by atoms with van der Waals surface area (Å²) in [5, 5.41) is 11.9. The number of halogens is 2. The van der Waals surface area contributed by atoms with Gasteiger partial charge in [-0.3, -0.25) is 0 Å². The third-order valence-corrected chi connectivity index (χ3v) is 2.47. The minimum absolute atomic E-state index is 0.00889. The van der Waals surface area contributed by atoms with Gasteiger partial charge in [-0.25, -0.2) is 8.78 Å². The summed E-state index contributed by atoms with van der Waals surface area (Å²) in [6.07, 6.45) is -3.50. The Bertz CT molecular complexity index is 292. The van der Waals surface area contributed by atoms with Crippen molar-refractivity contribution in [2.75, 3.05) is 6.54 Å². The van der Waals surface area contributed by atoms with Crippen LogP contribution in [0.4, 0.5) is 8.78 Å².